The number of hydrogen-bond donors (Lipinski definition) is 0. The Balaban J connectivity index is 1.70. The Labute approximate surface area is 181 Å². The molecule has 29 heavy (non-hydrogen) atoms. The van der Waals surface area contributed by atoms with Gasteiger partial charge in [0.15, 0.2) is 0 Å². The lowest BCUT2D eigenvalue weighted by Crippen LogP contribution is -2.31. The second kappa shape index (κ2) is 8.85. The third kappa shape index (κ3) is 4.34. The molecular formula is C24H23Cl2FN2. The van der Waals surface area contributed by atoms with Crippen molar-refractivity contribution in [3.8, 4) is 0 Å². The molecule has 3 aromatic rings. The Hall–Kier alpha value is -1.91. The van der Waals surface area contributed by atoms with Gasteiger partial charge in [-0.1, -0.05) is 71.7 Å². The first kappa shape index (κ1) is 20.4. The Kier molecular flexibility index (Phi) is 6.21. The smallest absolute Gasteiger partial charge is 0.127 e. The van der Waals surface area contributed by atoms with E-state index in [0.29, 0.717) is 22.2 Å². The van der Waals surface area contributed by atoms with Crippen LogP contribution in [0.15, 0.2) is 66.7 Å². The molecule has 0 amide bonds. The van der Waals surface area contributed by atoms with Crippen molar-refractivity contribution in [3.05, 3.63) is 105 Å². The number of halogens is 3. The Bertz CT molecular complexity index is 932. The van der Waals surface area contributed by atoms with Crippen molar-refractivity contribution in [3.63, 3.8) is 0 Å². The molecule has 0 N–H and O–H groups in total. The minimum atomic E-state index is -0.186. The summed E-state index contributed by atoms with van der Waals surface area (Å²) in [5.41, 5.74) is 4.09. The molecule has 150 valence electrons. The van der Waals surface area contributed by atoms with Crippen molar-refractivity contribution in [1.29, 1.82) is 0 Å². The summed E-state index contributed by atoms with van der Waals surface area (Å²) < 4.78 is 14.3. The largest absolute Gasteiger partial charge is 0.278 e. The van der Waals surface area contributed by atoms with Crippen LogP contribution < -0.4 is 0 Å². The first-order valence-electron chi connectivity index (χ1n) is 9.74. The third-order valence-electron chi connectivity index (χ3n) is 5.59. The van der Waals surface area contributed by atoms with Gasteiger partial charge in [-0.2, -0.15) is 0 Å². The summed E-state index contributed by atoms with van der Waals surface area (Å²) in [4.78, 5) is 4.63. The average Bonchev–Trinajstić information content (AvgIpc) is 3.07. The lowest BCUT2D eigenvalue weighted by Gasteiger charge is -2.32. The molecule has 0 unspecified atom stereocenters. The van der Waals surface area contributed by atoms with Crippen LogP contribution in [-0.4, -0.2) is 22.9 Å². The van der Waals surface area contributed by atoms with Crippen LogP contribution in [0, 0.1) is 12.7 Å². The molecule has 1 fully saturated rings. The normalized spacial score (nSPS) is 17.7. The first-order chi connectivity index (χ1) is 14.0. The van der Waals surface area contributed by atoms with E-state index in [1.54, 1.807) is 6.07 Å². The maximum atomic E-state index is 14.3. The number of nitrogens with zero attached hydrogens (tertiary/aromatic N) is 2. The van der Waals surface area contributed by atoms with Crippen molar-refractivity contribution in [2.24, 2.45) is 0 Å². The summed E-state index contributed by atoms with van der Waals surface area (Å²) in [7, 11) is 0. The van der Waals surface area contributed by atoms with Crippen LogP contribution in [0.4, 0.5) is 4.39 Å². The molecule has 0 spiro atoms. The number of hydrogen-bond acceptors (Lipinski definition) is 2. The van der Waals surface area contributed by atoms with Gasteiger partial charge in [0.2, 0.25) is 0 Å². The predicted octanol–water partition coefficient (Wildman–Crippen LogP) is 6.46. The molecular weight excluding hydrogens is 406 g/mol. The van der Waals surface area contributed by atoms with E-state index in [9.17, 15) is 4.39 Å². The number of rotatable bonds is 5. The summed E-state index contributed by atoms with van der Waals surface area (Å²) in [5.74, 6) is -0.186. The fourth-order valence-electron chi connectivity index (χ4n) is 4.04. The molecule has 1 atom stereocenters. The molecule has 3 aromatic carbocycles. The summed E-state index contributed by atoms with van der Waals surface area (Å²) >= 11 is 13.2. The minimum Gasteiger partial charge on any atom is -0.278 e. The van der Waals surface area contributed by atoms with Crippen LogP contribution in [0.1, 0.15) is 28.4 Å². The van der Waals surface area contributed by atoms with Crippen LogP contribution in [0.5, 0.6) is 0 Å². The standard InChI is InChI=1S/C24H23Cl2FN2/c1-17-7-2-3-8-18(17)15-28-13-14-29(16-19-9-4-5-12-22(19)27)24(28)23-20(25)10-6-11-21(23)26/h2-12,24H,13-16H2,1H3/t24-/m1/s1. The molecule has 0 bridgehead atoms. The van der Waals surface area contributed by atoms with Crippen LogP contribution >= 0.6 is 23.2 Å². The number of benzene rings is 3. The zero-order chi connectivity index (χ0) is 20.4. The molecule has 1 aliphatic rings. The quantitative estimate of drug-likeness (QED) is 0.460. The van der Waals surface area contributed by atoms with Gasteiger partial charge in [0, 0.05) is 47.4 Å². The van der Waals surface area contributed by atoms with Gasteiger partial charge in [0.05, 0.1) is 6.17 Å². The second-order valence-electron chi connectivity index (χ2n) is 7.47. The molecule has 5 heteroatoms. The van der Waals surface area contributed by atoms with E-state index in [-0.39, 0.29) is 12.0 Å². The monoisotopic (exact) mass is 428 g/mol. The molecule has 1 aliphatic heterocycles. The van der Waals surface area contributed by atoms with E-state index in [1.807, 2.05) is 30.3 Å². The average molecular weight is 429 g/mol. The highest BCUT2D eigenvalue weighted by Gasteiger charge is 2.36. The van der Waals surface area contributed by atoms with Gasteiger partial charge in [0.1, 0.15) is 5.82 Å². The second-order valence-corrected chi connectivity index (χ2v) is 8.28. The molecule has 1 heterocycles. The molecule has 0 aromatic heterocycles. The Morgan fingerprint density at radius 2 is 1.34 bits per heavy atom. The highest BCUT2D eigenvalue weighted by atomic mass is 35.5. The maximum Gasteiger partial charge on any atom is 0.127 e. The van der Waals surface area contributed by atoms with Crippen LogP contribution in [0.25, 0.3) is 0 Å². The van der Waals surface area contributed by atoms with Gasteiger partial charge in [-0.15, -0.1) is 0 Å². The van der Waals surface area contributed by atoms with E-state index in [0.717, 1.165) is 25.2 Å². The topological polar surface area (TPSA) is 6.48 Å². The van der Waals surface area contributed by atoms with E-state index >= 15 is 0 Å². The Morgan fingerprint density at radius 3 is 1.97 bits per heavy atom. The fraction of sp³-hybridized carbons (Fsp3) is 0.250. The molecule has 1 saturated heterocycles. The summed E-state index contributed by atoms with van der Waals surface area (Å²) in [6, 6.07) is 20.9. The van der Waals surface area contributed by atoms with Gasteiger partial charge in [-0.3, -0.25) is 9.80 Å². The zero-order valence-corrected chi connectivity index (χ0v) is 17.8. The molecule has 2 nitrogen and oxygen atoms in total. The maximum absolute atomic E-state index is 14.3. The molecule has 0 aliphatic carbocycles. The van der Waals surface area contributed by atoms with Gasteiger partial charge >= 0.3 is 0 Å². The van der Waals surface area contributed by atoms with Gasteiger partial charge in [-0.05, 0) is 36.2 Å². The molecule has 0 radical (unpaired) electrons. The minimum absolute atomic E-state index is 0.115. The molecule has 4 rings (SSSR count). The highest BCUT2D eigenvalue weighted by Crippen LogP contribution is 2.40. The van der Waals surface area contributed by atoms with Crippen molar-refractivity contribution in [2.75, 3.05) is 13.1 Å². The van der Waals surface area contributed by atoms with Crippen LogP contribution in [-0.2, 0) is 13.1 Å². The van der Waals surface area contributed by atoms with Crippen LogP contribution in [0.2, 0.25) is 10.0 Å². The summed E-state index contributed by atoms with van der Waals surface area (Å²) in [6.07, 6.45) is -0.115. The molecule has 0 saturated carbocycles. The first-order valence-corrected chi connectivity index (χ1v) is 10.5. The van der Waals surface area contributed by atoms with E-state index < -0.39 is 0 Å². The van der Waals surface area contributed by atoms with Crippen LogP contribution in [0.3, 0.4) is 0 Å². The fourth-order valence-corrected chi connectivity index (χ4v) is 4.63. The lowest BCUT2D eigenvalue weighted by molar-refractivity contribution is 0.125. The highest BCUT2D eigenvalue weighted by molar-refractivity contribution is 6.36. The zero-order valence-electron chi connectivity index (χ0n) is 16.3. The lowest BCUT2D eigenvalue weighted by atomic mass is 10.1. The van der Waals surface area contributed by atoms with E-state index in [1.165, 1.54) is 17.2 Å². The predicted molar refractivity (Wildman–Crippen MR) is 118 cm³/mol. The Morgan fingerprint density at radius 1 is 0.793 bits per heavy atom. The van der Waals surface area contributed by atoms with Crippen molar-refractivity contribution in [1.82, 2.24) is 9.80 Å². The SMILES string of the molecule is Cc1ccccc1CN1CCN(Cc2ccccc2F)[C@@H]1c1c(Cl)cccc1Cl. The van der Waals surface area contributed by atoms with Gasteiger partial charge < -0.3 is 0 Å². The third-order valence-corrected chi connectivity index (χ3v) is 6.25. The van der Waals surface area contributed by atoms with E-state index in [4.69, 9.17) is 23.2 Å². The number of aryl methyl sites for hydroxylation is 1. The van der Waals surface area contributed by atoms with Crippen molar-refractivity contribution < 1.29 is 4.39 Å². The van der Waals surface area contributed by atoms with Gasteiger partial charge in [0.25, 0.3) is 0 Å². The van der Waals surface area contributed by atoms with Crippen molar-refractivity contribution in [2.45, 2.75) is 26.2 Å². The summed E-state index contributed by atoms with van der Waals surface area (Å²) in [5, 5.41) is 1.27. The van der Waals surface area contributed by atoms with Gasteiger partial charge in [-0.25, -0.2) is 4.39 Å². The van der Waals surface area contributed by atoms with E-state index in [2.05, 4.69) is 41.0 Å². The van der Waals surface area contributed by atoms with Crippen molar-refractivity contribution >= 4 is 23.2 Å². The summed E-state index contributed by atoms with van der Waals surface area (Å²) in [6.45, 7) is 5.08.